The van der Waals surface area contributed by atoms with Crippen LogP contribution in [0.25, 0.3) is 0 Å². The smallest absolute Gasteiger partial charge is 0.123 e. The largest absolute Gasteiger partial charge is 0.396 e. The minimum atomic E-state index is -0.470. The van der Waals surface area contributed by atoms with Crippen molar-refractivity contribution in [2.45, 2.75) is 44.6 Å². The van der Waals surface area contributed by atoms with E-state index in [9.17, 15) is 9.50 Å². The highest BCUT2D eigenvalue weighted by molar-refractivity contribution is 5.30. The summed E-state index contributed by atoms with van der Waals surface area (Å²) in [6, 6.07) is 6.43. The van der Waals surface area contributed by atoms with E-state index in [2.05, 4.69) is 0 Å². The normalized spacial score (nSPS) is 15.6. The maximum atomic E-state index is 13.0. The van der Waals surface area contributed by atoms with Gasteiger partial charge in [-0.05, 0) is 44.4 Å². The average Bonchev–Trinajstić information content (AvgIpc) is 2.25. The van der Waals surface area contributed by atoms with Crippen LogP contribution < -0.4 is 5.73 Å². The lowest BCUT2D eigenvalue weighted by Gasteiger charge is -2.44. The molecule has 1 rings (SSSR count). The van der Waals surface area contributed by atoms with Crippen molar-refractivity contribution in [1.82, 2.24) is 0 Å². The first-order valence-corrected chi connectivity index (χ1v) is 6.03. The second-order valence-corrected chi connectivity index (χ2v) is 5.14. The van der Waals surface area contributed by atoms with Gasteiger partial charge in [-0.1, -0.05) is 19.1 Å². The maximum Gasteiger partial charge on any atom is 0.123 e. The van der Waals surface area contributed by atoms with Gasteiger partial charge in [0.2, 0.25) is 0 Å². The van der Waals surface area contributed by atoms with Crippen molar-refractivity contribution < 1.29 is 9.50 Å². The number of rotatable bonds is 5. The van der Waals surface area contributed by atoms with Crippen molar-refractivity contribution >= 4 is 0 Å². The van der Waals surface area contributed by atoms with Crippen LogP contribution in [0.2, 0.25) is 0 Å². The molecule has 3 heteroatoms. The zero-order valence-electron chi connectivity index (χ0n) is 10.8. The Morgan fingerprint density at radius 3 is 2.12 bits per heavy atom. The summed E-state index contributed by atoms with van der Waals surface area (Å²) in [6.07, 6.45) is 1.39. The molecule has 0 bridgehead atoms. The predicted octanol–water partition coefficient (Wildman–Crippen LogP) is 2.59. The number of aliphatic hydroxyl groups is 1. The van der Waals surface area contributed by atoms with Gasteiger partial charge in [0.15, 0.2) is 0 Å². The third-order valence-electron chi connectivity index (χ3n) is 3.77. The molecular formula is C14H22FNO. The van der Waals surface area contributed by atoms with Crippen LogP contribution in [0, 0.1) is 5.82 Å². The lowest BCUT2D eigenvalue weighted by Crippen LogP contribution is -2.54. The van der Waals surface area contributed by atoms with Crippen LogP contribution in [0.1, 0.15) is 39.2 Å². The molecule has 0 aliphatic carbocycles. The molecule has 3 N–H and O–H groups in total. The number of benzene rings is 1. The van der Waals surface area contributed by atoms with E-state index in [1.807, 2.05) is 20.8 Å². The number of aliphatic hydroxyl groups excluding tert-OH is 1. The van der Waals surface area contributed by atoms with E-state index in [0.29, 0.717) is 6.42 Å². The van der Waals surface area contributed by atoms with E-state index in [1.54, 1.807) is 12.1 Å². The molecule has 1 atom stereocenters. The van der Waals surface area contributed by atoms with E-state index in [4.69, 9.17) is 5.73 Å². The molecule has 0 aromatic heterocycles. The molecule has 0 aliphatic heterocycles. The first kappa shape index (κ1) is 14.1. The molecule has 96 valence electrons. The first-order valence-electron chi connectivity index (χ1n) is 6.03. The second-order valence-electron chi connectivity index (χ2n) is 5.14. The summed E-state index contributed by atoms with van der Waals surface area (Å²) in [6.45, 7) is 6.03. The van der Waals surface area contributed by atoms with Crippen molar-refractivity contribution in [1.29, 1.82) is 0 Å². The molecule has 0 saturated carbocycles. The van der Waals surface area contributed by atoms with Gasteiger partial charge < -0.3 is 10.8 Å². The Hall–Kier alpha value is -0.930. The van der Waals surface area contributed by atoms with E-state index >= 15 is 0 Å². The van der Waals surface area contributed by atoms with Crippen LogP contribution in [-0.2, 0) is 5.41 Å². The third-order valence-corrected chi connectivity index (χ3v) is 3.77. The molecule has 0 radical (unpaired) electrons. The highest BCUT2D eigenvalue weighted by atomic mass is 19.1. The van der Waals surface area contributed by atoms with Crippen LogP contribution >= 0.6 is 0 Å². The summed E-state index contributed by atoms with van der Waals surface area (Å²) >= 11 is 0. The molecule has 1 aromatic carbocycles. The number of hydrogen-bond donors (Lipinski definition) is 2. The van der Waals surface area contributed by atoms with Gasteiger partial charge in [0.25, 0.3) is 0 Å². The van der Waals surface area contributed by atoms with Crippen LogP contribution in [0.3, 0.4) is 0 Å². The molecule has 0 fully saturated rings. The van der Waals surface area contributed by atoms with Crippen molar-refractivity contribution in [3.63, 3.8) is 0 Å². The van der Waals surface area contributed by atoms with E-state index in [1.165, 1.54) is 12.1 Å². The average molecular weight is 239 g/mol. The lowest BCUT2D eigenvalue weighted by atomic mass is 9.63. The van der Waals surface area contributed by atoms with Crippen molar-refractivity contribution in [3.8, 4) is 0 Å². The third kappa shape index (κ3) is 2.67. The summed E-state index contributed by atoms with van der Waals surface area (Å²) < 4.78 is 13.0. The summed E-state index contributed by atoms with van der Waals surface area (Å²) in [5.74, 6) is -0.252. The standard InChI is InChI=1S/C14H22FNO/c1-4-14(9-10-17,13(2,3)16)11-5-7-12(15)8-6-11/h5-8,17H,4,9-10,16H2,1-3H3. The number of nitrogens with two attached hydrogens (primary N) is 1. The van der Waals surface area contributed by atoms with Crippen LogP contribution in [-0.4, -0.2) is 17.3 Å². The number of halogens is 1. The Bertz CT molecular complexity index is 355. The van der Waals surface area contributed by atoms with Gasteiger partial charge in [-0.15, -0.1) is 0 Å². The molecule has 1 aromatic rings. The number of hydrogen-bond acceptors (Lipinski definition) is 2. The monoisotopic (exact) mass is 239 g/mol. The van der Waals surface area contributed by atoms with Gasteiger partial charge in [0, 0.05) is 17.6 Å². The van der Waals surface area contributed by atoms with Crippen molar-refractivity contribution in [2.24, 2.45) is 5.73 Å². The van der Waals surface area contributed by atoms with Gasteiger partial charge in [-0.3, -0.25) is 0 Å². The van der Waals surface area contributed by atoms with E-state index in [0.717, 1.165) is 12.0 Å². The molecule has 0 aliphatic rings. The first-order chi connectivity index (χ1) is 7.87. The predicted molar refractivity (Wildman–Crippen MR) is 68.3 cm³/mol. The molecule has 0 heterocycles. The Kier molecular flexibility index (Phi) is 4.28. The van der Waals surface area contributed by atoms with Crippen molar-refractivity contribution in [3.05, 3.63) is 35.6 Å². The molecule has 0 amide bonds. The van der Waals surface area contributed by atoms with E-state index < -0.39 is 5.54 Å². The second kappa shape index (κ2) is 5.15. The fraction of sp³-hybridized carbons (Fsp3) is 0.571. The summed E-state index contributed by atoms with van der Waals surface area (Å²) in [7, 11) is 0. The zero-order valence-corrected chi connectivity index (χ0v) is 10.8. The topological polar surface area (TPSA) is 46.2 Å². The molecule has 1 unspecified atom stereocenters. The fourth-order valence-corrected chi connectivity index (χ4v) is 2.63. The summed E-state index contributed by atoms with van der Waals surface area (Å²) in [5.41, 5.74) is 6.47. The highest BCUT2D eigenvalue weighted by Crippen LogP contribution is 2.40. The van der Waals surface area contributed by atoms with Gasteiger partial charge in [-0.2, -0.15) is 0 Å². The SMILES string of the molecule is CCC(CCO)(c1ccc(F)cc1)C(C)(C)N. The Balaban J connectivity index is 3.26. The van der Waals surface area contributed by atoms with Crippen LogP contribution in [0.4, 0.5) is 4.39 Å². The molecule has 0 saturated heterocycles. The van der Waals surface area contributed by atoms with E-state index in [-0.39, 0.29) is 17.8 Å². The molecule has 2 nitrogen and oxygen atoms in total. The highest BCUT2D eigenvalue weighted by Gasteiger charge is 2.41. The Morgan fingerprint density at radius 1 is 1.24 bits per heavy atom. The van der Waals surface area contributed by atoms with Gasteiger partial charge in [0.1, 0.15) is 5.82 Å². The van der Waals surface area contributed by atoms with Crippen LogP contribution in [0.15, 0.2) is 24.3 Å². The minimum absolute atomic E-state index is 0.0752. The van der Waals surface area contributed by atoms with Gasteiger partial charge in [0.05, 0.1) is 0 Å². The van der Waals surface area contributed by atoms with Crippen molar-refractivity contribution in [2.75, 3.05) is 6.61 Å². The quantitative estimate of drug-likeness (QED) is 0.829. The molecule has 17 heavy (non-hydrogen) atoms. The maximum absolute atomic E-state index is 13.0. The summed E-state index contributed by atoms with van der Waals surface area (Å²) in [4.78, 5) is 0. The molecular weight excluding hydrogens is 217 g/mol. The van der Waals surface area contributed by atoms with Gasteiger partial charge in [-0.25, -0.2) is 4.39 Å². The van der Waals surface area contributed by atoms with Gasteiger partial charge >= 0.3 is 0 Å². The minimum Gasteiger partial charge on any atom is -0.396 e. The van der Waals surface area contributed by atoms with Crippen LogP contribution in [0.5, 0.6) is 0 Å². The summed E-state index contributed by atoms with van der Waals surface area (Å²) in [5, 5.41) is 9.28. The lowest BCUT2D eigenvalue weighted by molar-refractivity contribution is 0.170. The Labute approximate surface area is 103 Å². The Morgan fingerprint density at radius 2 is 1.76 bits per heavy atom. The zero-order chi connectivity index (χ0) is 13.1. The fourth-order valence-electron chi connectivity index (χ4n) is 2.63. The molecule has 0 spiro atoms.